The van der Waals surface area contributed by atoms with Crippen molar-refractivity contribution in [1.29, 1.82) is 0 Å². The lowest BCUT2D eigenvalue weighted by Gasteiger charge is -2.37. The van der Waals surface area contributed by atoms with Gasteiger partial charge in [-0.1, -0.05) is 409 Å². The predicted octanol–water partition coefficient (Wildman–Crippen LogP) is 29.5. The predicted molar refractivity (Wildman–Crippen MR) is 494 cm³/mol. The third kappa shape index (κ3) is 13.9. The van der Waals surface area contributed by atoms with Gasteiger partial charge in [-0.05, 0) is 190 Å². The van der Waals surface area contributed by atoms with E-state index in [2.05, 4.69) is 328 Å². The zero-order valence-electron chi connectivity index (χ0n) is 66.9. The van der Waals surface area contributed by atoms with E-state index in [1.165, 1.54) is 148 Å². The topological polar surface area (TPSA) is 77.3 Å². The van der Waals surface area contributed by atoms with Gasteiger partial charge >= 0.3 is 0 Å². The molecule has 0 N–H and O–H groups in total. The molecule has 0 bridgehead atoms. The summed E-state index contributed by atoms with van der Waals surface area (Å²) in [6.45, 7) is 0. The lowest BCUT2D eigenvalue weighted by molar-refractivity contribution is 0.353. The van der Waals surface area contributed by atoms with E-state index in [1.54, 1.807) is 11.1 Å². The minimum absolute atomic E-state index is 0.0995. The van der Waals surface area contributed by atoms with Crippen molar-refractivity contribution in [1.82, 2.24) is 29.9 Å². The molecule has 0 unspecified atom stereocenters. The molecule has 16 aromatic carbocycles. The molecule has 2 saturated carbocycles. The molecule has 0 saturated heterocycles. The number of fused-ring (bicyclic) bond motifs is 10. The summed E-state index contributed by atoms with van der Waals surface area (Å²) in [5, 5.41) is 0. The molecule has 18 aromatic rings. The summed E-state index contributed by atoms with van der Waals surface area (Å²) in [6.07, 6.45) is 12.7. The van der Waals surface area contributed by atoms with Gasteiger partial charge < -0.3 is 0 Å². The van der Waals surface area contributed by atoms with Gasteiger partial charge in [0.1, 0.15) is 0 Å². The fraction of sp³-hybridized carbons (Fsp3) is 0.105. The fourth-order valence-electron chi connectivity index (χ4n) is 19.7. The first kappa shape index (κ1) is 73.2. The van der Waals surface area contributed by atoms with E-state index in [4.69, 9.17) is 29.9 Å². The first-order valence-corrected chi connectivity index (χ1v) is 42.5. The molecule has 120 heavy (non-hydrogen) atoms. The Morgan fingerprint density at radius 1 is 0.142 bits per heavy atom. The first-order chi connectivity index (χ1) is 59.4. The Kier molecular flexibility index (Phi) is 19.4. The van der Waals surface area contributed by atoms with Crippen LogP contribution in [-0.2, 0) is 10.8 Å². The molecule has 572 valence electrons. The molecule has 2 fully saturated rings. The van der Waals surface area contributed by atoms with Crippen LogP contribution in [0.25, 0.3) is 180 Å². The fourth-order valence-corrected chi connectivity index (χ4v) is 19.7. The molecule has 0 aliphatic heterocycles. The van der Waals surface area contributed by atoms with Crippen LogP contribution >= 0.6 is 0 Å². The van der Waals surface area contributed by atoms with Crippen LogP contribution in [0.3, 0.4) is 0 Å². The van der Waals surface area contributed by atoms with E-state index in [0.29, 0.717) is 34.9 Å². The Morgan fingerprint density at radius 2 is 0.350 bits per heavy atom. The molecular formula is C114H86N6. The van der Waals surface area contributed by atoms with Gasteiger partial charge in [0.25, 0.3) is 0 Å². The number of aromatic nitrogens is 6. The first-order valence-electron chi connectivity index (χ1n) is 42.5. The minimum Gasteiger partial charge on any atom is -0.208 e. The highest BCUT2D eigenvalue weighted by Gasteiger charge is 2.47. The third-order valence-electron chi connectivity index (χ3n) is 25.5. The van der Waals surface area contributed by atoms with Gasteiger partial charge in [0, 0.05) is 44.2 Å². The number of rotatable bonds is 14. The zero-order valence-corrected chi connectivity index (χ0v) is 66.9. The Balaban J connectivity index is 0.000000148. The molecule has 0 amide bonds. The van der Waals surface area contributed by atoms with Crippen molar-refractivity contribution in [2.24, 2.45) is 0 Å². The molecule has 2 heterocycles. The van der Waals surface area contributed by atoms with Crippen molar-refractivity contribution < 1.29 is 0 Å². The summed E-state index contributed by atoms with van der Waals surface area (Å²) in [5.41, 5.74) is 37.0. The van der Waals surface area contributed by atoms with Gasteiger partial charge in [-0.15, -0.1) is 0 Å². The van der Waals surface area contributed by atoms with Crippen molar-refractivity contribution in [3.05, 3.63) is 423 Å². The molecular weight excluding hydrogens is 1450 g/mol. The van der Waals surface area contributed by atoms with E-state index < -0.39 is 0 Å². The minimum atomic E-state index is 0.0995. The average molecular weight is 1540 g/mol. The zero-order chi connectivity index (χ0) is 79.8. The molecule has 22 rings (SSSR count). The summed E-state index contributed by atoms with van der Waals surface area (Å²) in [4.78, 5) is 30.2. The largest absolute Gasteiger partial charge is 0.208 e. The van der Waals surface area contributed by atoms with Gasteiger partial charge in [-0.25, -0.2) is 29.9 Å². The summed E-state index contributed by atoms with van der Waals surface area (Å²) in [6, 6.07) is 144. The summed E-state index contributed by atoms with van der Waals surface area (Å²) >= 11 is 0. The van der Waals surface area contributed by atoms with E-state index in [9.17, 15) is 0 Å². The van der Waals surface area contributed by atoms with Crippen molar-refractivity contribution in [3.8, 4) is 180 Å². The molecule has 6 heteroatoms. The van der Waals surface area contributed by atoms with E-state index in [0.717, 1.165) is 72.3 Å². The maximum atomic E-state index is 5.08. The molecule has 4 aliphatic carbocycles. The second-order valence-corrected chi connectivity index (χ2v) is 32.5. The van der Waals surface area contributed by atoms with Crippen LogP contribution < -0.4 is 0 Å². The van der Waals surface area contributed by atoms with Crippen molar-refractivity contribution >= 4 is 0 Å². The Bertz CT molecular complexity index is 6810. The Morgan fingerprint density at radius 3 is 0.717 bits per heavy atom. The van der Waals surface area contributed by atoms with Crippen molar-refractivity contribution in [2.45, 2.75) is 75.0 Å². The van der Waals surface area contributed by atoms with Crippen LogP contribution in [0.1, 0.15) is 86.5 Å². The maximum Gasteiger partial charge on any atom is 0.164 e. The molecule has 4 aliphatic rings. The third-order valence-corrected chi connectivity index (χ3v) is 25.5. The van der Waals surface area contributed by atoms with Gasteiger partial charge in [0.05, 0.1) is 0 Å². The van der Waals surface area contributed by atoms with Crippen molar-refractivity contribution in [3.63, 3.8) is 0 Å². The summed E-state index contributed by atoms with van der Waals surface area (Å²) < 4.78 is 0. The smallest absolute Gasteiger partial charge is 0.164 e. The quantitative estimate of drug-likeness (QED) is 0.108. The number of benzene rings is 16. The summed E-state index contributed by atoms with van der Waals surface area (Å²) in [7, 11) is 0. The second-order valence-electron chi connectivity index (χ2n) is 32.5. The molecule has 2 aromatic heterocycles. The molecule has 6 nitrogen and oxygen atoms in total. The van der Waals surface area contributed by atoms with E-state index in [1.807, 2.05) is 72.8 Å². The number of hydrogen-bond donors (Lipinski definition) is 0. The number of hydrogen-bond acceptors (Lipinski definition) is 6. The van der Waals surface area contributed by atoms with Crippen LogP contribution in [-0.4, -0.2) is 29.9 Å². The molecule has 0 radical (unpaired) electrons. The highest BCUT2D eigenvalue weighted by atomic mass is 15.0. The van der Waals surface area contributed by atoms with Crippen LogP contribution in [0, 0.1) is 0 Å². The van der Waals surface area contributed by atoms with Gasteiger partial charge in [0.15, 0.2) is 34.9 Å². The van der Waals surface area contributed by atoms with Gasteiger partial charge in [-0.2, -0.15) is 0 Å². The van der Waals surface area contributed by atoms with Crippen LogP contribution in [0.15, 0.2) is 400 Å². The standard InChI is InChI=1S/2C57H43N3/c1-4-16-39(17-5-1)44-21-14-25-48(38-44)56-59-54(41-18-6-2-7-19-41)58-55(60-56)42-32-30-40(31-33-42)43-20-12-22-45(36-43)46-23-13-24-47(37-46)49-27-15-28-51-50-26-8-9-29-52(50)57(53(49)51)34-10-3-11-35-57;1-4-15-39(16-5-1)45-19-12-21-47(37-45)55-58-54(44-17-6-2-7-18-44)59-56(60-55)48-22-13-20-46(38-48)42-29-27-40(28-30-42)41-31-33-43(34-32-41)49-24-14-25-51-50-23-8-9-26-52(50)57(53(49)51)35-10-3-11-36-57/h1-2,4-9,12-33,36-38H,3,10-11,34-35H2;1-2,4-9,12-34,37-38H,3,10-11,35-36H2. The highest BCUT2D eigenvalue weighted by Crippen LogP contribution is 2.60. The number of nitrogens with zero attached hydrogens (tertiary/aromatic N) is 6. The molecule has 2 spiro atoms. The maximum absolute atomic E-state index is 5.08. The van der Waals surface area contributed by atoms with Crippen LogP contribution in [0.5, 0.6) is 0 Å². The Hall–Kier alpha value is -14.5. The molecule has 0 atom stereocenters. The van der Waals surface area contributed by atoms with Crippen molar-refractivity contribution in [2.75, 3.05) is 0 Å². The second kappa shape index (κ2) is 31.9. The highest BCUT2D eigenvalue weighted by molar-refractivity contribution is 5.92. The average Bonchev–Trinajstić information content (AvgIpc) is 1.56. The lowest BCUT2D eigenvalue weighted by atomic mass is 9.66. The SMILES string of the molecule is c1ccc(-c2cccc(-c3nc(-c4ccccc4)nc(-c4ccc(-c5cccc(-c6cccc(-c7cccc8c7C7(CCCCC7)c7ccccc7-8)c6)c5)cc4)n3)c2)cc1.c1ccc(-c2cccc(-c3nc(-c4ccccc4)nc(-c4cccc(-c5ccc(-c6ccc(-c7cccc8c7C7(CCCCC7)c7ccccc7-8)cc6)cc5)c4)n3)c2)cc1. The van der Waals surface area contributed by atoms with Crippen LogP contribution in [0.4, 0.5) is 0 Å². The van der Waals surface area contributed by atoms with Crippen LogP contribution in [0.2, 0.25) is 0 Å². The lowest BCUT2D eigenvalue weighted by Crippen LogP contribution is -2.28. The Labute approximate surface area is 702 Å². The van der Waals surface area contributed by atoms with E-state index >= 15 is 0 Å². The summed E-state index contributed by atoms with van der Waals surface area (Å²) in [5.74, 6) is 3.88. The van der Waals surface area contributed by atoms with Gasteiger partial charge in [0.2, 0.25) is 0 Å². The monoisotopic (exact) mass is 1540 g/mol. The van der Waals surface area contributed by atoms with E-state index in [-0.39, 0.29) is 10.8 Å². The van der Waals surface area contributed by atoms with Gasteiger partial charge in [-0.3, -0.25) is 0 Å². The normalized spacial score (nSPS) is 13.8.